The molecule has 1 unspecified atom stereocenters. The van der Waals surface area contributed by atoms with Crippen molar-refractivity contribution in [2.45, 2.75) is 39.3 Å². The Kier molecular flexibility index (Phi) is 7.89. The van der Waals surface area contributed by atoms with E-state index < -0.39 is 12.0 Å². The highest BCUT2D eigenvalue weighted by molar-refractivity contribution is 7.80. The molecule has 2 aromatic rings. The number of unbranched alkanes of at least 4 members (excludes halogenated alkanes) is 1. The van der Waals surface area contributed by atoms with Crippen molar-refractivity contribution >= 4 is 23.3 Å². The fourth-order valence-corrected chi connectivity index (χ4v) is 3.60. The molecule has 7 heteroatoms. The molecule has 1 aliphatic rings. The van der Waals surface area contributed by atoms with Gasteiger partial charge in [-0.05, 0) is 48.8 Å². The van der Waals surface area contributed by atoms with Crippen LogP contribution in [0.15, 0.2) is 59.8 Å². The molecule has 0 spiro atoms. The van der Waals surface area contributed by atoms with Crippen molar-refractivity contribution in [3.8, 4) is 11.5 Å². The fraction of sp³-hybridized carbons (Fsp3) is 0.333. The van der Waals surface area contributed by atoms with Crippen LogP contribution in [0.3, 0.4) is 0 Å². The van der Waals surface area contributed by atoms with Crippen LogP contribution >= 0.6 is 12.2 Å². The van der Waals surface area contributed by atoms with Gasteiger partial charge in [-0.2, -0.15) is 0 Å². The van der Waals surface area contributed by atoms with Crippen LogP contribution in [0.4, 0.5) is 0 Å². The predicted molar refractivity (Wildman–Crippen MR) is 124 cm³/mol. The monoisotopic (exact) mass is 440 g/mol. The van der Waals surface area contributed by atoms with Gasteiger partial charge in [0.25, 0.3) is 0 Å². The zero-order valence-electron chi connectivity index (χ0n) is 18.1. The highest BCUT2D eigenvalue weighted by atomic mass is 32.1. The highest BCUT2D eigenvalue weighted by Crippen LogP contribution is 2.34. The number of rotatable bonds is 9. The predicted octanol–water partition coefficient (Wildman–Crippen LogP) is 4.41. The molecule has 0 amide bonds. The van der Waals surface area contributed by atoms with Gasteiger partial charge in [0.05, 0.1) is 25.3 Å². The Hall–Kier alpha value is -3.06. The first-order valence-corrected chi connectivity index (χ1v) is 10.7. The zero-order valence-corrected chi connectivity index (χ0v) is 18.9. The summed E-state index contributed by atoms with van der Waals surface area (Å²) in [6.07, 6.45) is 2.02. The third-order valence-corrected chi connectivity index (χ3v) is 5.20. The van der Waals surface area contributed by atoms with E-state index >= 15 is 0 Å². The molecule has 0 saturated heterocycles. The lowest BCUT2D eigenvalue weighted by Gasteiger charge is -2.30. The summed E-state index contributed by atoms with van der Waals surface area (Å²) in [7, 11) is 1.60. The van der Waals surface area contributed by atoms with E-state index in [-0.39, 0.29) is 6.61 Å². The number of allylic oxidation sites excluding steroid dienone is 1. The molecule has 0 fully saturated rings. The lowest BCUT2D eigenvalue weighted by atomic mass is 9.95. The summed E-state index contributed by atoms with van der Waals surface area (Å²) < 4.78 is 17.0. The van der Waals surface area contributed by atoms with E-state index in [9.17, 15) is 4.79 Å². The second-order valence-corrected chi connectivity index (χ2v) is 7.65. The molecule has 0 bridgehead atoms. The first-order chi connectivity index (χ1) is 15.0. The van der Waals surface area contributed by atoms with Gasteiger partial charge < -0.3 is 24.8 Å². The number of benzene rings is 2. The minimum absolute atomic E-state index is 0.196. The zero-order chi connectivity index (χ0) is 22.2. The molecule has 3 rings (SSSR count). The topological polar surface area (TPSA) is 68.8 Å². The number of thiocarbonyl (C=S) groups is 1. The number of hydrogen-bond donors (Lipinski definition) is 2. The molecule has 1 aliphatic heterocycles. The molecular weight excluding hydrogens is 412 g/mol. The smallest absolute Gasteiger partial charge is 0.338 e. The molecule has 0 aliphatic carbocycles. The van der Waals surface area contributed by atoms with Crippen molar-refractivity contribution in [1.82, 2.24) is 10.6 Å². The molecule has 1 heterocycles. The lowest BCUT2D eigenvalue weighted by molar-refractivity contribution is -0.140. The van der Waals surface area contributed by atoms with Crippen molar-refractivity contribution in [3.63, 3.8) is 0 Å². The molecule has 0 aromatic heterocycles. The fourth-order valence-electron chi connectivity index (χ4n) is 3.32. The van der Waals surface area contributed by atoms with Crippen molar-refractivity contribution in [2.24, 2.45) is 0 Å². The van der Waals surface area contributed by atoms with Gasteiger partial charge in [-0.25, -0.2) is 4.79 Å². The minimum atomic E-state index is -0.462. The summed E-state index contributed by atoms with van der Waals surface area (Å²) in [4.78, 5) is 13.0. The lowest BCUT2D eigenvalue weighted by Crippen LogP contribution is -2.45. The van der Waals surface area contributed by atoms with Crippen LogP contribution in [0, 0.1) is 0 Å². The molecule has 2 N–H and O–H groups in total. The maximum atomic E-state index is 13.0. The van der Waals surface area contributed by atoms with Crippen LogP contribution in [0.1, 0.15) is 43.9 Å². The number of carbonyl (C=O) groups excluding carboxylic acids is 1. The Bertz CT molecular complexity index is 959. The number of esters is 1. The van der Waals surface area contributed by atoms with Crippen LogP contribution in [-0.4, -0.2) is 24.8 Å². The number of nitrogens with one attached hydrogen (secondary N) is 2. The molecule has 164 valence electrons. The number of carbonyl (C=O) groups is 1. The first kappa shape index (κ1) is 22.6. The van der Waals surface area contributed by atoms with Gasteiger partial charge in [-0.1, -0.05) is 49.7 Å². The van der Waals surface area contributed by atoms with Gasteiger partial charge in [0.1, 0.15) is 6.61 Å². The molecule has 31 heavy (non-hydrogen) atoms. The Balaban J connectivity index is 1.84. The maximum absolute atomic E-state index is 13.0. The van der Waals surface area contributed by atoms with Crippen LogP contribution in [0.2, 0.25) is 0 Å². The van der Waals surface area contributed by atoms with Crippen molar-refractivity contribution in [1.29, 1.82) is 0 Å². The molecular formula is C24H28N2O4S. The van der Waals surface area contributed by atoms with Gasteiger partial charge in [0.2, 0.25) is 0 Å². The molecule has 1 atom stereocenters. The molecule has 6 nitrogen and oxygen atoms in total. The van der Waals surface area contributed by atoms with Gasteiger partial charge >= 0.3 is 5.97 Å². The van der Waals surface area contributed by atoms with Crippen LogP contribution in [0.25, 0.3) is 0 Å². The molecule has 2 aromatic carbocycles. The van der Waals surface area contributed by atoms with Crippen LogP contribution in [0.5, 0.6) is 11.5 Å². The summed E-state index contributed by atoms with van der Waals surface area (Å²) in [6, 6.07) is 14.8. The SMILES string of the molecule is CCCCOc1ccc(C2NC(=S)NC(C)=C2C(=O)OCc2ccccc2)cc1OC. The Morgan fingerprint density at radius 1 is 1.13 bits per heavy atom. The van der Waals surface area contributed by atoms with E-state index in [1.54, 1.807) is 7.11 Å². The van der Waals surface area contributed by atoms with Crippen LogP contribution in [-0.2, 0) is 16.1 Å². The second kappa shape index (κ2) is 10.8. The molecule has 0 saturated carbocycles. The number of ether oxygens (including phenoxy) is 3. The van der Waals surface area contributed by atoms with E-state index in [4.69, 9.17) is 26.4 Å². The average Bonchev–Trinajstić information content (AvgIpc) is 2.78. The van der Waals surface area contributed by atoms with Crippen LogP contribution < -0.4 is 20.1 Å². The summed E-state index contributed by atoms with van der Waals surface area (Å²) in [6.45, 7) is 4.75. The van der Waals surface area contributed by atoms with E-state index in [0.717, 1.165) is 24.0 Å². The Labute approximate surface area is 188 Å². The normalized spacial score (nSPS) is 15.7. The summed E-state index contributed by atoms with van der Waals surface area (Å²) >= 11 is 5.33. The first-order valence-electron chi connectivity index (χ1n) is 10.3. The van der Waals surface area contributed by atoms with Crippen molar-refractivity contribution < 1.29 is 19.0 Å². The largest absolute Gasteiger partial charge is 0.493 e. The van der Waals surface area contributed by atoms with Crippen molar-refractivity contribution in [3.05, 3.63) is 70.9 Å². The van der Waals surface area contributed by atoms with E-state index in [1.165, 1.54) is 0 Å². The summed E-state index contributed by atoms with van der Waals surface area (Å²) in [5, 5.41) is 6.65. The summed E-state index contributed by atoms with van der Waals surface area (Å²) in [5.41, 5.74) is 2.89. The Morgan fingerprint density at radius 3 is 2.61 bits per heavy atom. The quantitative estimate of drug-likeness (QED) is 0.340. The van der Waals surface area contributed by atoms with E-state index in [2.05, 4.69) is 17.6 Å². The van der Waals surface area contributed by atoms with E-state index in [1.807, 2.05) is 55.5 Å². The van der Waals surface area contributed by atoms with Gasteiger partial charge in [0.15, 0.2) is 16.6 Å². The van der Waals surface area contributed by atoms with Crippen molar-refractivity contribution in [2.75, 3.05) is 13.7 Å². The third-order valence-electron chi connectivity index (χ3n) is 4.98. The van der Waals surface area contributed by atoms with E-state index in [0.29, 0.717) is 34.5 Å². The number of methoxy groups -OCH3 is 1. The maximum Gasteiger partial charge on any atom is 0.338 e. The standard InChI is InChI=1S/C24H28N2O4S/c1-4-5-13-29-19-12-11-18(14-20(19)28-3)22-21(16(2)25-24(31)26-22)23(27)30-15-17-9-7-6-8-10-17/h6-12,14,22H,4-5,13,15H2,1-3H3,(H2,25,26,31). The van der Waals surface area contributed by atoms with Gasteiger partial charge in [0, 0.05) is 5.70 Å². The summed E-state index contributed by atoms with van der Waals surface area (Å²) in [5.74, 6) is 0.871. The Morgan fingerprint density at radius 2 is 1.90 bits per heavy atom. The third kappa shape index (κ3) is 5.76. The number of hydrogen-bond acceptors (Lipinski definition) is 5. The van der Waals surface area contributed by atoms with Gasteiger partial charge in [-0.3, -0.25) is 0 Å². The minimum Gasteiger partial charge on any atom is -0.493 e. The highest BCUT2D eigenvalue weighted by Gasteiger charge is 2.31. The molecule has 0 radical (unpaired) electrons. The average molecular weight is 441 g/mol. The van der Waals surface area contributed by atoms with Gasteiger partial charge in [-0.15, -0.1) is 0 Å². The second-order valence-electron chi connectivity index (χ2n) is 7.24.